The molecule has 11 heavy (non-hydrogen) atoms. The highest BCUT2D eigenvalue weighted by Gasteiger charge is 2.25. The highest BCUT2D eigenvalue weighted by atomic mass is 127. The summed E-state index contributed by atoms with van der Waals surface area (Å²) in [6, 6.07) is 0. The van der Waals surface area contributed by atoms with Crippen LogP contribution in [0.1, 0.15) is 6.92 Å². The van der Waals surface area contributed by atoms with Crippen LogP contribution in [0.5, 0.6) is 0 Å². The maximum atomic E-state index is 12.9. The predicted molar refractivity (Wildman–Crippen MR) is 50.2 cm³/mol. The normalized spacial score (nSPS) is 33.3. The van der Waals surface area contributed by atoms with Crippen molar-refractivity contribution in [2.75, 3.05) is 0 Å². The Morgan fingerprint density at radius 2 is 2.27 bits per heavy atom. The van der Waals surface area contributed by atoms with E-state index in [1.807, 2.05) is 6.92 Å². The molecule has 0 amide bonds. The van der Waals surface area contributed by atoms with Crippen LogP contribution in [0.15, 0.2) is 23.8 Å². The van der Waals surface area contributed by atoms with Gasteiger partial charge in [-0.2, -0.15) is 0 Å². The van der Waals surface area contributed by atoms with E-state index >= 15 is 0 Å². The van der Waals surface area contributed by atoms with Gasteiger partial charge in [0.2, 0.25) is 0 Å². The molecular weight excluding hydrogens is 261 g/mol. The van der Waals surface area contributed by atoms with E-state index in [2.05, 4.69) is 0 Å². The fraction of sp³-hybridized carbons (Fsp3) is 0.500. The molecule has 0 spiro atoms. The monoisotopic (exact) mass is 270 g/mol. The molecule has 0 saturated heterocycles. The first kappa shape index (κ1) is 9.16. The van der Waals surface area contributed by atoms with Crippen molar-refractivity contribution in [1.29, 1.82) is 0 Å². The fourth-order valence-electron chi connectivity index (χ4n) is 1.03. The van der Waals surface area contributed by atoms with Crippen LogP contribution in [0.25, 0.3) is 0 Å². The maximum Gasteiger partial charge on any atom is 0.160 e. The second-order valence-corrected chi connectivity index (χ2v) is 3.82. The van der Waals surface area contributed by atoms with Crippen LogP contribution in [0, 0.1) is 5.92 Å². The highest BCUT2D eigenvalue weighted by molar-refractivity contribution is 14.1. The van der Waals surface area contributed by atoms with Crippen molar-refractivity contribution >= 4 is 22.6 Å². The predicted octanol–water partition coefficient (Wildman–Crippen LogP) is 3.19. The molecule has 0 bridgehead atoms. The van der Waals surface area contributed by atoms with Crippen LogP contribution in [0.3, 0.4) is 0 Å². The molecule has 0 nitrogen and oxygen atoms in total. The van der Waals surface area contributed by atoms with Gasteiger partial charge in [0, 0.05) is 0 Å². The average molecular weight is 270 g/mol. The third-order valence-corrected chi connectivity index (χ3v) is 2.49. The summed E-state index contributed by atoms with van der Waals surface area (Å²) in [4.78, 5) is 0. The molecule has 0 aromatic rings. The minimum absolute atomic E-state index is 0.597. The number of halogens is 3. The van der Waals surface area contributed by atoms with Gasteiger partial charge in [0.15, 0.2) is 4.18 Å². The van der Waals surface area contributed by atoms with Crippen molar-refractivity contribution in [3.05, 3.63) is 23.8 Å². The Hall–Kier alpha value is 0.0700. The quantitative estimate of drug-likeness (QED) is 0.507. The molecule has 0 aliphatic heterocycles. The average Bonchev–Trinajstić information content (AvgIpc) is 1.94. The lowest BCUT2D eigenvalue weighted by molar-refractivity contribution is 0.257. The van der Waals surface area contributed by atoms with E-state index in [1.54, 1.807) is 34.7 Å². The molecule has 0 aromatic carbocycles. The molecule has 0 aromatic heterocycles. The van der Waals surface area contributed by atoms with Gasteiger partial charge in [-0.15, -0.1) is 0 Å². The van der Waals surface area contributed by atoms with Gasteiger partial charge < -0.3 is 0 Å². The fourth-order valence-corrected chi connectivity index (χ4v) is 1.64. The molecule has 3 heteroatoms. The van der Waals surface area contributed by atoms with Crippen molar-refractivity contribution in [2.24, 2.45) is 5.92 Å². The smallest absolute Gasteiger partial charge is 0.160 e. The van der Waals surface area contributed by atoms with Crippen LogP contribution >= 0.6 is 22.6 Å². The van der Waals surface area contributed by atoms with E-state index in [0.717, 1.165) is 5.57 Å². The molecule has 62 valence electrons. The van der Waals surface area contributed by atoms with E-state index in [0.29, 0.717) is 0 Å². The SMILES string of the molecule is CC1=CC(C(F)I)C(F)C=C1. The molecular formula is C8H9F2I. The van der Waals surface area contributed by atoms with E-state index in [4.69, 9.17) is 0 Å². The van der Waals surface area contributed by atoms with Crippen molar-refractivity contribution in [3.8, 4) is 0 Å². The molecule has 0 heterocycles. The number of allylic oxidation sites excluding steroid dienone is 4. The van der Waals surface area contributed by atoms with Gasteiger partial charge in [0.1, 0.15) is 6.17 Å². The summed E-state index contributed by atoms with van der Waals surface area (Å²) in [6.45, 7) is 1.84. The summed E-state index contributed by atoms with van der Waals surface area (Å²) in [5.74, 6) is -0.597. The van der Waals surface area contributed by atoms with Crippen LogP contribution in [-0.4, -0.2) is 10.4 Å². The number of hydrogen-bond donors (Lipinski definition) is 0. The van der Waals surface area contributed by atoms with E-state index < -0.39 is 16.3 Å². The van der Waals surface area contributed by atoms with Gasteiger partial charge in [-0.1, -0.05) is 17.7 Å². The number of alkyl halides is 3. The first-order valence-electron chi connectivity index (χ1n) is 3.40. The minimum Gasteiger partial charge on any atom is -0.242 e. The maximum absolute atomic E-state index is 12.9. The molecule has 3 unspecified atom stereocenters. The van der Waals surface area contributed by atoms with Crippen LogP contribution < -0.4 is 0 Å². The third-order valence-electron chi connectivity index (χ3n) is 1.66. The van der Waals surface area contributed by atoms with Gasteiger partial charge >= 0.3 is 0 Å². The highest BCUT2D eigenvalue weighted by Crippen LogP contribution is 2.27. The second kappa shape index (κ2) is 3.65. The van der Waals surface area contributed by atoms with E-state index in [1.165, 1.54) is 6.08 Å². The molecule has 0 radical (unpaired) electrons. The van der Waals surface area contributed by atoms with Gasteiger partial charge in [0.05, 0.1) is 5.92 Å². The molecule has 0 fully saturated rings. The Balaban J connectivity index is 2.73. The standard InChI is InChI=1S/C8H9F2I/c1-5-2-3-7(9)6(4-5)8(10)11/h2-4,6-8H,1H3. The largest absolute Gasteiger partial charge is 0.242 e. The Morgan fingerprint density at radius 3 is 2.73 bits per heavy atom. The molecule has 0 N–H and O–H groups in total. The third kappa shape index (κ3) is 2.25. The lowest BCUT2D eigenvalue weighted by atomic mass is 9.96. The lowest BCUT2D eigenvalue weighted by Gasteiger charge is -2.19. The number of rotatable bonds is 1. The summed E-state index contributed by atoms with van der Waals surface area (Å²) in [5.41, 5.74) is 0.934. The summed E-state index contributed by atoms with van der Waals surface area (Å²) in [6.07, 6.45) is 3.57. The second-order valence-electron chi connectivity index (χ2n) is 2.63. The summed E-state index contributed by atoms with van der Waals surface area (Å²) < 4.78 is 24.4. The summed E-state index contributed by atoms with van der Waals surface area (Å²) in [5, 5.41) is 0. The van der Waals surface area contributed by atoms with Crippen molar-refractivity contribution in [3.63, 3.8) is 0 Å². The number of hydrogen-bond acceptors (Lipinski definition) is 0. The Labute approximate surface area is 78.5 Å². The van der Waals surface area contributed by atoms with E-state index in [9.17, 15) is 8.78 Å². The topological polar surface area (TPSA) is 0 Å². The molecule has 1 rings (SSSR count). The Morgan fingerprint density at radius 1 is 1.64 bits per heavy atom. The molecule has 1 aliphatic carbocycles. The van der Waals surface area contributed by atoms with Crippen LogP contribution in [-0.2, 0) is 0 Å². The summed E-state index contributed by atoms with van der Waals surface area (Å²) >= 11 is 1.60. The van der Waals surface area contributed by atoms with Crippen molar-refractivity contribution in [1.82, 2.24) is 0 Å². The zero-order chi connectivity index (χ0) is 8.43. The van der Waals surface area contributed by atoms with Crippen molar-refractivity contribution in [2.45, 2.75) is 17.3 Å². The first-order chi connectivity index (χ1) is 5.11. The van der Waals surface area contributed by atoms with Gasteiger partial charge in [-0.25, -0.2) is 8.78 Å². The van der Waals surface area contributed by atoms with Gasteiger partial charge in [-0.3, -0.25) is 0 Å². The zero-order valence-electron chi connectivity index (χ0n) is 6.10. The molecule has 3 atom stereocenters. The molecule has 1 aliphatic rings. The van der Waals surface area contributed by atoms with Gasteiger partial charge in [-0.05, 0) is 35.6 Å². The molecule has 0 saturated carbocycles. The Bertz CT molecular complexity index is 196. The van der Waals surface area contributed by atoms with Crippen LogP contribution in [0.4, 0.5) is 8.78 Å². The van der Waals surface area contributed by atoms with E-state index in [-0.39, 0.29) is 0 Å². The summed E-state index contributed by atoms with van der Waals surface area (Å²) in [7, 11) is 0. The zero-order valence-corrected chi connectivity index (χ0v) is 8.26. The van der Waals surface area contributed by atoms with Gasteiger partial charge in [0.25, 0.3) is 0 Å². The first-order valence-corrected chi connectivity index (χ1v) is 4.64. The minimum atomic E-state index is -1.16. The van der Waals surface area contributed by atoms with Crippen molar-refractivity contribution < 1.29 is 8.78 Å². The van der Waals surface area contributed by atoms with Crippen LogP contribution in [0.2, 0.25) is 0 Å². The Kier molecular flexibility index (Phi) is 3.04. The lowest BCUT2D eigenvalue weighted by Crippen LogP contribution is -2.20.